The lowest BCUT2D eigenvalue weighted by Crippen LogP contribution is -2.15. The zero-order valence-electron chi connectivity index (χ0n) is 15.1. The summed E-state index contributed by atoms with van der Waals surface area (Å²) >= 11 is 6.27. The fourth-order valence-corrected chi connectivity index (χ4v) is 4.92. The molecule has 0 aliphatic carbocycles. The Hall–Kier alpha value is -2.42. The highest BCUT2D eigenvalue weighted by Gasteiger charge is 2.13. The topological polar surface area (TPSA) is 74.8 Å². The molecule has 2 aromatic heterocycles. The van der Waals surface area contributed by atoms with Gasteiger partial charge in [-0.15, -0.1) is 23.1 Å². The van der Waals surface area contributed by atoms with E-state index >= 15 is 0 Å². The molecule has 4 aromatic rings. The fourth-order valence-electron chi connectivity index (χ4n) is 2.88. The molecule has 0 fully saturated rings. The molecule has 0 bridgehead atoms. The second-order valence-corrected chi connectivity index (χ2v) is 8.93. The van der Waals surface area contributed by atoms with Gasteiger partial charge in [0.2, 0.25) is 5.91 Å². The number of amides is 1. The molecule has 0 aliphatic heterocycles. The van der Waals surface area contributed by atoms with Crippen LogP contribution in [0.2, 0.25) is 0 Å². The number of hydrogen-bond acceptors (Lipinski definition) is 5. The lowest BCUT2D eigenvalue weighted by molar-refractivity contribution is -0.113. The highest BCUT2D eigenvalue weighted by Crippen LogP contribution is 2.30. The van der Waals surface area contributed by atoms with Crippen molar-refractivity contribution in [1.29, 1.82) is 0 Å². The van der Waals surface area contributed by atoms with Crippen molar-refractivity contribution in [3.63, 3.8) is 0 Å². The van der Waals surface area contributed by atoms with Gasteiger partial charge in [-0.1, -0.05) is 42.5 Å². The number of aromatic amines is 1. The van der Waals surface area contributed by atoms with Crippen LogP contribution in [0.4, 0.5) is 5.69 Å². The van der Waals surface area contributed by atoms with Crippen LogP contribution >= 0.6 is 39.0 Å². The van der Waals surface area contributed by atoms with Gasteiger partial charge in [0, 0.05) is 15.4 Å². The van der Waals surface area contributed by atoms with E-state index in [9.17, 15) is 9.59 Å². The molecule has 0 atom stereocenters. The first-order valence-corrected chi connectivity index (χ1v) is 11.6. The molecule has 2 aromatic carbocycles. The molecule has 0 aliphatic rings. The Morgan fingerprint density at radius 3 is 2.69 bits per heavy atom. The van der Waals surface area contributed by atoms with Gasteiger partial charge in [-0.2, -0.15) is 0 Å². The number of anilines is 1. The van der Waals surface area contributed by atoms with E-state index in [1.54, 1.807) is 0 Å². The Labute approximate surface area is 183 Å². The zero-order chi connectivity index (χ0) is 20.2. The Kier molecular flexibility index (Phi) is 6.13. The van der Waals surface area contributed by atoms with Crippen LogP contribution in [0.3, 0.4) is 0 Å². The number of fused-ring (bicyclic) bond motifs is 1. The molecule has 8 heteroatoms. The van der Waals surface area contributed by atoms with E-state index in [1.807, 2.05) is 60.0 Å². The average molecular weight is 486 g/mol. The fraction of sp³-hybridized carbons (Fsp3) is 0.0952. The molecule has 5 nitrogen and oxygen atoms in total. The predicted molar refractivity (Wildman–Crippen MR) is 125 cm³/mol. The Bertz CT molecular complexity index is 1220. The van der Waals surface area contributed by atoms with Gasteiger partial charge in [0.05, 0.1) is 22.6 Å². The number of para-hydroxylation sites is 1. The van der Waals surface area contributed by atoms with E-state index < -0.39 is 0 Å². The summed E-state index contributed by atoms with van der Waals surface area (Å²) in [7, 11) is 0. The Morgan fingerprint density at radius 1 is 1.14 bits per heavy atom. The van der Waals surface area contributed by atoms with Gasteiger partial charge in [-0.25, -0.2) is 4.98 Å². The molecule has 0 spiro atoms. The number of nitrogens with zero attached hydrogens (tertiary/aromatic N) is 1. The third kappa shape index (κ3) is 4.60. The number of benzene rings is 2. The van der Waals surface area contributed by atoms with Crippen LogP contribution < -0.4 is 10.9 Å². The lowest BCUT2D eigenvalue weighted by Gasteiger charge is -2.07. The highest BCUT2D eigenvalue weighted by atomic mass is 79.9. The van der Waals surface area contributed by atoms with Gasteiger partial charge in [0.25, 0.3) is 5.56 Å². The largest absolute Gasteiger partial charge is 0.324 e. The second-order valence-electron chi connectivity index (χ2n) is 6.23. The van der Waals surface area contributed by atoms with Gasteiger partial charge in [-0.05, 0) is 33.6 Å². The summed E-state index contributed by atoms with van der Waals surface area (Å²) in [5, 5.41) is 5.44. The number of thiophene rings is 1. The smallest absolute Gasteiger partial charge is 0.260 e. The summed E-state index contributed by atoms with van der Waals surface area (Å²) < 4.78 is 0.835. The van der Waals surface area contributed by atoms with Crippen molar-refractivity contribution < 1.29 is 4.79 Å². The first-order valence-electron chi connectivity index (χ1n) is 8.80. The predicted octanol–water partition coefficient (Wildman–Crippen LogP) is 5.29. The van der Waals surface area contributed by atoms with Crippen molar-refractivity contribution in [3.8, 4) is 11.1 Å². The number of H-pyrrole nitrogens is 1. The van der Waals surface area contributed by atoms with Crippen molar-refractivity contribution in [1.82, 2.24) is 9.97 Å². The summed E-state index contributed by atoms with van der Waals surface area (Å²) in [6.07, 6.45) is 0. The van der Waals surface area contributed by atoms with Crippen molar-refractivity contribution in [2.75, 3.05) is 11.1 Å². The molecular weight excluding hydrogens is 470 g/mol. The molecule has 29 heavy (non-hydrogen) atoms. The van der Waals surface area contributed by atoms with E-state index in [4.69, 9.17) is 0 Å². The molecule has 0 radical (unpaired) electrons. The highest BCUT2D eigenvalue weighted by molar-refractivity contribution is 9.10. The third-order valence-corrected chi connectivity index (χ3v) is 6.71. The molecule has 1 amide bonds. The SMILES string of the molecule is O=C(CSCc1nc2scc(-c3ccccc3)c2c(=O)[nH]1)Nc1ccccc1Br. The standard InChI is InChI=1S/C21H16BrN3O2S2/c22-15-8-4-5-9-16(15)23-18(26)12-28-11-17-24-20(27)19-14(10-29-21(19)25-17)13-6-2-1-3-7-13/h1-10H,11-12H2,(H,23,26)(H,24,25,27). The number of halogens is 1. The van der Waals surface area contributed by atoms with Gasteiger partial charge in [0.1, 0.15) is 10.7 Å². The summed E-state index contributed by atoms with van der Waals surface area (Å²) in [6, 6.07) is 17.3. The number of hydrogen-bond donors (Lipinski definition) is 2. The number of rotatable bonds is 6. The van der Waals surface area contributed by atoms with E-state index in [2.05, 4.69) is 31.2 Å². The molecule has 2 heterocycles. The maximum Gasteiger partial charge on any atom is 0.260 e. The third-order valence-electron chi connectivity index (χ3n) is 4.20. The normalized spacial score (nSPS) is 10.9. The minimum Gasteiger partial charge on any atom is -0.324 e. The van der Waals surface area contributed by atoms with Crippen LogP contribution in [0.25, 0.3) is 21.3 Å². The zero-order valence-corrected chi connectivity index (χ0v) is 18.4. The number of aromatic nitrogens is 2. The second kappa shape index (κ2) is 8.94. The van der Waals surface area contributed by atoms with Crippen LogP contribution in [0, 0.1) is 0 Å². The van der Waals surface area contributed by atoms with Crippen LogP contribution in [0.1, 0.15) is 5.82 Å². The van der Waals surface area contributed by atoms with Crippen molar-refractivity contribution >= 4 is 60.8 Å². The van der Waals surface area contributed by atoms with Crippen LogP contribution in [0.15, 0.2) is 69.2 Å². The van der Waals surface area contributed by atoms with Crippen molar-refractivity contribution in [2.45, 2.75) is 5.75 Å². The monoisotopic (exact) mass is 485 g/mol. The number of carbonyl (C=O) groups excluding carboxylic acids is 1. The van der Waals surface area contributed by atoms with E-state index in [-0.39, 0.29) is 17.2 Å². The first-order chi connectivity index (χ1) is 14.1. The first kappa shape index (κ1) is 19.9. The van der Waals surface area contributed by atoms with Crippen molar-refractivity contribution in [2.24, 2.45) is 0 Å². The number of carbonyl (C=O) groups is 1. The minimum absolute atomic E-state index is 0.104. The number of nitrogens with one attached hydrogen (secondary N) is 2. The van der Waals surface area contributed by atoms with E-state index in [0.717, 1.165) is 21.3 Å². The molecule has 0 saturated heterocycles. The summed E-state index contributed by atoms with van der Waals surface area (Å²) in [5.41, 5.74) is 2.48. The molecular formula is C21H16BrN3O2S2. The maximum absolute atomic E-state index is 12.6. The van der Waals surface area contributed by atoms with Crippen molar-refractivity contribution in [3.05, 3.63) is 80.6 Å². The summed E-state index contributed by atoms with van der Waals surface area (Å²) in [6.45, 7) is 0. The van der Waals surface area contributed by atoms with Crippen LogP contribution in [0.5, 0.6) is 0 Å². The van der Waals surface area contributed by atoms with E-state index in [1.165, 1.54) is 23.1 Å². The van der Waals surface area contributed by atoms with Crippen LogP contribution in [-0.2, 0) is 10.5 Å². The van der Waals surface area contributed by atoms with Gasteiger partial charge >= 0.3 is 0 Å². The molecule has 4 rings (SSSR count). The average Bonchev–Trinajstić information content (AvgIpc) is 3.15. The minimum atomic E-state index is -0.150. The van der Waals surface area contributed by atoms with Gasteiger partial charge < -0.3 is 10.3 Å². The quantitative estimate of drug-likeness (QED) is 0.389. The summed E-state index contributed by atoms with van der Waals surface area (Å²) in [4.78, 5) is 32.9. The molecule has 0 unspecified atom stereocenters. The molecule has 0 saturated carbocycles. The molecule has 2 N–H and O–H groups in total. The van der Waals surface area contributed by atoms with Gasteiger partial charge in [0.15, 0.2) is 0 Å². The Balaban J connectivity index is 1.43. The van der Waals surface area contributed by atoms with Crippen LogP contribution in [-0.4, -0.2) is 21.6 Å². The Morgan fingerprint density at radius 2 is 1.90 bits per heavy atom. The molecule has 146 valence electrons. The van der Waals surface area contributed by atoms with Gasteiger partial charge in [-0.3, -0.25) is 9.59 Å². The van der Waals surface area contributed by atoms with E-state index in [0.29, 0.717) is 21.8 Å². The maximum atomic E-state index is 12.6. The summed E-state index contributed by atoms with van der Waals surface area (Å²) in [5.74, 6) is 1.19. The number of thioether (sulfide) groups is 1. The lowest BCUT2D eigenvalue weighted by atomic mass is 10.1.